The minimum Gasteiger partial charge on any atom is -0.468 e. The molecule has 5 heteroatoms. The highest BCUT2D eigenvalue weighted by Crippen LogP contribution is 2.22. The first-order valence-corrected chi connectivity index (χ1v) is 5.88. The normalized spacial score (nSPS) is 20.9. The van der Waals surface area contributed by atoms with Crippen molar-refractivity contribution in [2.24, 2.45) is 0 Å². The van der Waals surface area contributed by atoms with Crippen LogP contribution in [0.4, 0.5) is 0 Å². The maximum Gasteiger partial charge on any atom is 0.315 e. The molecular formula is C13H16N2O3. The second-order valence-corrected chi connectivity index (χ2v) is 4.13. The van der Waals surface area contributed by atoms with Crippen molar-refractivity contribution in [3.8, 4) is 0 Å². The van der Waals surface area contributed by atoms with Gasteiger partial charge in [-0.1, -0.05) is 30.3 Å². The summed E-state index contributed by atoms with van der Waals surface area (Å²) in [4.78, 5) is 23.8. The van der Waals surface area contributed by atoms with Gasteiger partial charge in [0.15, 0.2) is 0 Å². The van der Waals surface area contributed by atoms with Gasteiger partial charge >= 0.3 is 5.97 Å². The molecule has 1 heterocycles. The summed E-state index contributed by atoms with van der Waals surface area (Å²) in [6, 6.07) is 8.62. The molecule has 1 aromatic rings. The van der Waals surface area contributed by atoms with Gasteiger partial charge in [0.25, 0.3) is 0 Å². The van der Waals surface area contributed by atoms with Crippen LogP contribution in [0, 0.1) is 0 Å². The molecule has 0 aliphatic carbocycles. The van der Waals surface area contributed by atoms with Crippen LogP contribution in [0.3, 0.4) is 0 Å². The molecule has 1 aliphatic rings. The van der Waals surface area contributed by atoms with E-state index in [1.54, 1.807) is 0 Å². The Balaban J connectivity index is 2.30. The summed E-state index contributed by atoms with van der Waals surface area (Å²) in [6.45, 7) is 1.23. The summed E-state index contributed by atoms with van der Waals surface area (Å²) < 4.78 is 4.81. The molecule has 5 nitrogen and oxygen atoms in total. The van der Waals surface area contributed by atoms with Gasteiger partial charge < -0.3 is 15.4 Å². The molecule has 0 radical (unpaired) electrons. The number of amides is 1. The van der Waals surface area contributed by atoms with Crippen molar-refractivity contribution in [3.63, 3.8) is 0 Å². The molecule has 2 atom stereocenters. The van der Waals surface area contributed by atoms with Crippen LogP contribution < -0.4 is 10.6 Å². The molecule has 0 bridgehead atoms. The Morgan fingerprint density at radius 1 is 1.33 bits per heavy atom. The number of benzene rings is 1. The number of rotatable bonds is 3. The van der Waals surface area contributed by atoms with Crippen LogP contribution in [-0.2, 0) is 14.3 Å². The number of esters is 1. The lowest BCUT2D eigenvalue weighted by Gasteiger charge is -2.29. The topological polar surface area (TPSA) is 67.4 Å². The van der Waals surface area contributed by atoms with E-state index in [1.807, 2.05) is 30.3 Å². The van der Waals surface area contributed by atoms with Gasteiger partial charge in [-0.05, 0) is 5.56 Å². The molecule has 2 unspecified atom stereocenters. The zero-order valence-electron chi connectivity index (χ0n) is 10.2. The van der Waals surface area contributed by atoms with Crippen LogP contribution >= 0.6 is 0 Å². The smallest absolute Gasteiger partial charge is 0.315 e. The molecular weight excluding hydrogens is 232 g/mol. The largest absolute Gasteiger partial charge is 0.468 e. The fourth-order valence-corrected chi connectivity index (χ4v) is 2.14. The lowest BCUT2D eigenvalue weighted by atomic mass is 9.90. The van der Waals surface area contributed by atoms with E-state index in [0.717, 1.165) is 5.56 Å². The van der Waals surface area contributed by atoms with E-state index in [4.69, 9.17) is 4.74 Å². The lowest BCUT2D eigenvalue weighted by Crippen LogP contribution is -2.56. The molecule has 1 fully saturated rings. The summed E-state index contributed by atoms with van der Waals surface area (Å²) in [5.74, 6) is -1.19. The number of nitrogens with one attached hydrogen (secondary N) is 2. The van der Waals surface area contributed by atoms with E-state index in [-0.39, 0.29) is 5.91 Å². The summed E-state index contributed by atoms with van der Waals surface area (Å²) in [6.07, 6.45) is 0. The molecule has 96 valence electrons. The van der Waals surface area contributed by atoms with Crippen molar-refractivity contribution in [3.05, 3.63) is 35.9 Å². The average molecular weight is 248 g/mol. The summed E-state index contributed by atoms with van der Waals surface area (Å²) in [5, 5.41) is 5.82. The second-order valence-electron chi connectivity index (χ2n) is 4.13. The number of methoxy groups -OCH3 is 1. The van der Waals surface area contributed by atoms with Gasteiger partial charge in [-0.3, -0.25) is 9.59 Å². The van der Waals surface area contributed by atoms with Crippen LogP contribution in [0.5, 0.6) is 0 Å². The Labute approximate surface area is 106 Å². The van der Waals surface area contributed by atoms with Crippen LogP contribution in [0.1, 0.15) is 11.5 Å². The van der Waals surface area contributed by atoms with Crippen molar-refractivity contribution >= 4 is 11.9 Å². The molecule has 1 aromatic carbocycles. The standard InChI is InChI=1S/C13H16N2O3/c1-18-13(17)10(9-5-3-2-4-6-9)11-12(16)15-8-7-14-11/h2-6,10-11,14H,7-8H2,1H3,(H,15,16). The lowest BCUT2D eigenvalue weighted by molar-refractivity contribution is -0.145. The van der Waals surface area contributed by atoms with E-state index in [9.17, 15) is 9.59 Å². The van der Waals surface area contributed by atoms with Gasteiger partial charge in [0.2, 0.25) is 5.91 Å². The van der Waals surface area contributed by atoms with Crippen LogP contribution in [-0.4, -0.2) is 38.1 Å². The number of piperazine rings is 1. The Hall–Kier alpha value is -1.88. The highest BCUT2D eigenvalue weighted by molar-refractivity contribution is 5.91. The van der Waals surface area contributed by atoms with E-state index in [0.29, 0.717) is 13.1 Å². The molecule has 0 spiro atoms. The highest BCUT2D eigenvalue weighted by Gasteiger charge is 2.36. The number of ether oxygens (including phenoxy) is 1. The SMILES string of the molecule is COC(=O)C(c1ccccc1)C1NCCNC1=O. The fourth-order valence-electron chi connectivity index (χ4n) is 2.14. The van der Waals surface area contributed by atoms with E-state index >= 15 is 0 Å². The number of hydrogen-bond donors (Lipinski definition) is 2. The first-order valence-electron chi connectivity index (χ1n) is 5.88. The third kappa shape index (κ3) is 2.51. The molecule has 1 saturated heterocycles. The van der Waals surface area contributed by atoms with Gasteiger partial charge in [0.05, 0.1) is 7.11 Å². The Morgan fingerprint density at radius 3 is 2.67 bits per heavy atom. The Bertz CT molecular complexity index is 433. The summed E-state index contributed by atoms with van der Waals surface area (Å²) in [7, 11) is 1.33. The minimum absolute atomic E-state index is 0.166. The Kier molecular flexibility index (Phi) is 3.94. The van der Waals surface area contributed by atoms with E-state index in [2.05, 4.69) is 10.6 Å². The van der Waals surface area contributed by atoms with Gasteiger partial charge in [-0.15, -0.1) is 0 Å². The van der Waals surface area contributed by atoms with Gasteiger partial charge in [-0.25, -0.2) is 0 Å². The van der Waals surface area contributed by atoms with Crippen LogP contribution in [0.15, 0.2) is 30.3 Å². The Morgan fingerprint density at radius 2 is 2.06 bits per heavy atom. The van der Waals surface area contributed by atoms with Crippen molar-refractivity contribution in [1.82, 2.24) is 10.6 Å². The number of carbonyl (C=O) groups is 2. The van der Waals surface area contributed by atoms with Gasteiger partial charge in [0.1, 0.15) is 12.0 Å². The molecule has 0 saturated carbocycles. The van der Waals surface area contributed by atoms with E-state index in [1.165, 1.54) is 7.11 Å². The van der Waals surface area contributed by atoms with E-state index < -0.39 is 17.9 Å². The quantitative estimate of drug-likeness (QED) is 0.741. The zero-order valence-corrected chi connectivity index (χ0v) is 10.2. The van der Waals surface area contributed by atoms with Crippen molar-refractivity contribution < 1.29 is 14.3 Å². The minimum atomic E-state index is -0.614. The van der Waals surface area contributed by atoms with Gasteiger partial charge in [-0.2, -0.15) is 0 Å². The number of hydrogen-bond acceptors (Lipinski definition) is 4. The monoisotopic (exact) mass is 248 g/mol. The maximum atomic E-state index is 11.9. The van der Waals surface area contributed by atoms with Crippen molar-refractivity contribution in [2.45, 2.75) is 12.0 Å². The zero-order chi connectivity index (χ0) is 13.0. The number of carbonyl (C=O) groups excluding carboxylic acids is 2. The fraction of sp³-hybridized carbons (Fsp3) is 0.385. The predicted octanol–water partition coefficient (Wildman–Crippen LogP) is 0.0312. The first-order chi connectivity index (χ1) is 8.74. The first kappa shape index (κ1) is 12.6. The van der Waals surface area contributed by atoms with Gasteiger partial charge in [0, 0.05) is 13.1 Å². The van der Waals surface area contributed by atoms with Crippen LogP contribution in [0.2, 0.25) is 0 Å². The second kappa shape index (κ2) is 5.64. The third-order valence-corrected chi connectivity index (χ3v) is 3.02. The highest BCUT2D eigenvalue weighted by atomic mass is 16.5. The summed E-state index contributed by atoms with van der Waals surface area (Å²) in [5.41, 5.74) is 0.777. The predicted molar refractivity (Wildman–Crippen MR) is 66.0 cm³/mol. The summed E-state index contributed by atoms with van der Waals surface area (Å²) >= 11 is 0. The molecule has 2 N–H and O–H groups in total. The maximum absolute atomic E-state index is 11.9. The molecule has 18 heavy (non-hydrogen) atoms. The molecule has 0 aromatic heterocycles. The van der Waals surface area contributed by atoms with Crippen molar-refractivity contribution in [2.75, 3.05) is 20.2 Å². The molecule has 2 rings (SSSR count). The van der Waals surface area contributed by atoms with Crippen LogP contribution in [0.25, 0.3) is 0 Å². The third-order valence-electron chi connectivity index (χ3n) is 3.02. The molecule has 1 amide bonds. The van der Waals surface area contributed by atoms with Crippen molar-refractivity contribution in [1.29, 1.82) is 0 Å². The molecule has 1 aliphatic heterocycles. The average Bonchev–Trinajstić information content (AvgIpc) is 2.42.